The smallest absolute Gasteiger partial charge is 0.225 e. The van der Waals surface area contributed by atoms with Gasteiger partial charge < -0.3 is 10.2 Å². The SMILES string of the molecule is Ic1cnc(N2CCCC3(CCCNC3)C2)nc1. The first-order valence-electron chi connectivity index (χ1n) is 6.71. The number of hydrogen-bond acceptors (Lipinski definition) is 4. The molecule has 0 bridgehead atoms. The monoisotopic (exact) mass is 358 g/mol. The average molecular weight is 358 g/mol. The van der Waals surface area contributed by atoms with E-state index in [9.17, 15) is 0 Å². The molecule has 1 aromatic heterocycles. The number of aromatic nitrogens is 2. The summed E-state index contributed by atoms with van der Waals surface area (Å²) in [6.45, 7) is 4.55. The highest BCUT2D eigenvalue weighted by Crippen LogP contribution is 2.36. The molecule has 0 amide bonds. The highest BCUT2D eigenvalue weighted by Gasteiger charge is 2.37. The number of rotatable bonds is 1. The lowest BCUT2D eigenvalue weighted by molar-refractivity contribution is 0.172. The Labute approximate surface area is 122 Å². The Morgan fingerprint density at radius 3 is 2.72 bits per heavy atom. The quantitative estimate of drug-likeness (QED) is 0.781. The Bertz CT molecular complexity index is 394. The normalized spacial score (nSPS) is 28.6. The van der Waals surface area contributed by atoms with Crippen LogP contribution in [0, 0.1) is 8.99 Å². The highest BCUT2D eigenvalue weighted by molar-refractivity contribution is 14.1. The summed E-state index contributed by atoms with van der Waals surface area (Å²) in [5.74, 6) is 0.903. The molecule has 5 heteroatoms. The van der Waals surface area contributed by atoms with Crippen LogP contribution in [0.15, 0.2) is 12.4 Å². The zero-order valence-electron chi connectivity index (χ0n) is 10.5. The molecule has 1 aromatic rings. The van der Waals surface area contributed by atoms with E-state index < -0.39 is 0 Å². The maximum absolute atomic E-state index is 4.47. The van der Waals surface area contributed by atoms with Crippen LogP contribution in [0.25, 0.3) is 0 Å². The van der Waals surface area contributed by atoms with Gasteiger partial charge in [0.25, 0.3) is 0 Å². The molecule has 4 nitrogen and oxygen atoms in total. The molecular formula is C13H19IN4. The van der Waals surface area contributed by atoms with E-state index >= 15 is 0 Å². The van der Waals surface area contributed by atoms with Gasteiger partial charge in [-0.15, -0.1) is 0 Å². The fourth-order valence-electron chi connectivity index (χ4n) is 3.23. The van der Waals surface area contributed by atoms with Gasteiger partial charge in [-0.3, -0.25) is 0 Å². The number of anilines is 1. The van der Waals surface area contributed by atoms with Crippen LogP contribution in [-0.4, -0.2) is 36.1 Å². The van der Waals surface area contributed by atoms with Gasteiger partial charge in [0.15, 0.2) is 0 Å². The van der Waals surface area contributed by atoms with Crippen LogP contribution in [0.1, 0.15) is 25.7 Å². The summed E-state index contributed by atoms with van der Waals surface area (Å²) in [5, 5.41) is 3.56. The summed E-state index contributed by atoms with van der Waals surface area (Å²) in [6, 6.07) is 0. The molecule has 0 aliphatic carbocycles. The van der Waals surface area contributed by atoms with Crippen LogP contribution in [0.2, 0.25) is 0 Å². The van der Waals surface area contributed by atoms with E-state index in [-0.39, 0.29) is 0 Å². The summed E-state index contributed by atoms with van der Waals surface area (Å²) in [6.07, 6.45) is 9.08. The van der Waals surface area contributed by atoms with Crippen molar-refractivity contribution in [3.63, 3.8) is 0 Å². The number of piperidine rings is 2. The molecular weight excluding hydrogens is 339 g/mol. The van der Waals surface area contributed by atoms with Crippen LogP contribution in [0.5, 0.6) is 0 Å². The van der Waals surface area contributed by atoms with Gasteiger partial charge in [-0.25, -0.2) is 9.97 Å². The van der Waals surface area contributed by atoms with Crippen molar-refractivity contribution in [3.8, 4) is 0 Å². The minimum absolute atomic E-state index is 0.461. The van der Waals surface area contributed by atoms with E-state index in [1.54, 1.807) is 0 Å². The van der Waals surface area contributed by atoms with Crippen molar-refractivity contribution in [2.24, 2.45) is 5.41 Å². The van der Waals surface area contributed by atoms with Gasteiger partial charge in [-0.1, -0.05) is 0 Å². The van der Waals surface area contributed by atoms with E-state index in [0.29, 0.717) is 5.41 Å². The Kier molecular flexibility index (Phi) is 3.70. The standard InChI is InChI=1S/C13H19IN4/c14-11-7-16-12(17-8-11)18-6-2-4-13(10-18)3-1-5-15-9-13/h7-8,15H,1-6,9-10H2. The Morgan fingerprint density at radius 2 is 2.00 bits per heavy atom. The van der Waals surface area contributed by atoms with E-state index in [4.69, 9.17) is 0 Å². The molecule has 98 valence electrons. The number of hydrogen-bond donors (Lipinski definition) is 1. The maximum atomic E-state index is 4.47. The van der Waals surface area contributed by atoms with E-state index in [0.717, 1.165) is 29.2 Å². The Morgan fingerprint density at radius 1 is 1.22 bits per heavy atom. The second kappa shape index (κ2) is 5.28. The van der Waals surface area contributed by atoms with Gasteiger partial charge in [-0.2, -0.15) is 0 Å². The Balaban J connectivity index is 1.75. The third-order valence-corrected chi connectivity index (χ3v) is 4.67. The summed E-state index contributed by atoms with van der Waals surface area (Å²) < 4.78 is 1.10. The molecule has 2 aliphatic rings. The molecule has 1 atom stereocenters. The maximum Gasteiger partial charge on any atom is 0.225 e. The lowest BCUT2D eigenvalue weighted by Crippen LogP contribution is -2.51. The zero-order valence-corrected chi connectivity index (χ0v) is 12.7. The largest absolute Gasteiger partial charge is 0.340 e. The van der Waals surface area contributed by atoms with Crippen LogP contribution in [0.4, 0.5) is 5.95 Å². The molecule has 3 rings (SSSR count). The molecule has 0 radical (unpaired) electrons. The van der Waals surface area contributed by atoms with Crippen LogP contribution in [-0.2, 0) is 0 Å². The highest BCUT2D eigenvalue weighted by atomic mass is 127. The summed E-state index contributed by atoms with van der Waals surface area (Å²) in [4.78, 5) is 11.3. The second-order valence-corrected chi connectivity index (χ2v) is 6.75. The third kappa shape index (κ3) is 2.61. The van der Waals surface area contributed by atoms with Crippen molar-refractivity contribution < 1.29 is 0 Å². The van der Waals surface area contributed by atoms with Gasteiger partial charge in [0.1, 0.15) is 0 Å². The van der Waals surface area contributed by atoms with Gasteiger partial charge >= 0.3 is 0 Å². The molecule has 3 heterocycles. The number of nitrogens with one attached hydrogen (secondary N) is 1. The van der Waals surface area contributed by atoms with Gasteiger partial charge in [0.05, 0.1) is 0 Å². The molecule has 0 aromatic carbocycles. The van der Waals surface area contributed by atoms with Crippen LogP contribution < -0.4 is 10.2 Å². The fraction of sp³-hybridized carbons (Fsp3) is 0.692. The second-order valence-electron chi connectivity index (χ2n) is 5.51. The average Bonchev–Trinajstić information content (AvgIpc) is 2.40. The Hall–Kier alpha value is -0.430. The predicted molar refractivity (Wildman–Crippen MR) is 80.7 cm³/mol. The first-order chi connectivity index (χ1) is 8.77. The van der Waals surface area contributed by atoms with Crippen LogP contribution in [0.3, 0.4) is 0 Å². The number of nitrogens with zero attached hydrogens (tertiary/aromatic N) is 3. The molecule has 2 aliphatic heterocycles. The van der Waals surface area contributed by atoms with E-state index in [1.165, 1.54) is 32.2 Å². The minimum Gasteiger partial charge on any atom is -0.340 e. The lowest BCUT2D eigenvalue weighted by Gasteiger charge is -2.45. The lowest BCUT2D eigenvalue weighted by atomic mass is 9.74. The van der Waals surface area contributed by atoms with Gasteiger partial charge in [-0.05, 0) is 54.8 Å². The molecule has 18 heavy (non-hydrogen) atoms. The van der Waals surface area contributed by atoms with E-state index in [2.05, 4.69) is 42.8 Å². The van der Waals surface area contributed by atoms with E-state index in [1.807, 2.05) is 12.4 Å². The summed E-state index contributed by atoms with van der Waals surface area (Å²) >= 11 is 2.25. The van der Waals surface area contributed by atoms with Crippen molar-refractivity contribution in [1.82, 2.24) is 15.3 Å². The molecule has 1 spiro atoms. The van der Waals surface area contributed by atoms with Crippen molar-refractivity contribution in [1.29, 1.82) is 0 Å². The van der Waals surface area contributed by atoms with Crippen molar-refractivity contribution in [2.45, 2.75) is 25.7 Å². The molecule has 1 N–H and O–H groups in total. The first-order valence-corrected chi connectivity index (χ1v) is 7.79. The molecule has 2 fully saturated rings. The summed E-state index contributed by atoms with van der Waals surface area (Å²) in [7, 11) is 0. The van der Waals surface area contributed by atoms with Crippen molar-refractivity contribution in [3.05, 3.63) is 16.0 Å². The zero-order chi connectivity index (χ0) is 12.4. The third-order valence-electron chi connectivity index (χ3n) is 4.11. The predicted octanol–water partition coefficient (Wildman–Crippen LogP) is 2.05. The topological polar surface area (TPSA) is 41.1 Å². The van der Waals surface area contributed by atoms with Gasteiger partial charge in [0, 0.05) is 41.0 Å². The van der Waals surface area contributed by atoms with Crippen molar-refractivity contribution in [2.75, 3.05) is 31.1 Å². The first kappa shape index (κ1) is 12.6. The fourth-order valence-corrected chi connectivity index (χ4v) is 3.50. The summed E-state index contributed by atoms with van der Waals surface area (Å²) in [5.41, 5.74) is 0.461. The van der Waals surface area contributed by atoms with Crippen LogP contribution >= 0.6 is 22.6 Å². The molecule has 1 unspecified atom stereocenters. The molecule has 2 saturated heterocycles. The minimum atomic E-state index is 0.461. The molecule has 0 saturated carbocycles. The number of halogens is 1. The van der Waals surface area contributed by atoms with Gasteiger partial charge in [0.2, 0.25) is 5.95 Å². The van der Waals surface area contributed by atoms with Crippen molar-refractivity contribution >= 4 is 28.5 Å².